The van der Waals surface area contributed by atoms with Crippen LogP contribution in [0, 0.1) is 6.92 Å². The van der Waals surface area contributed by atoms with Crippen molar-refractivity contribution in [2.45, 2.75) is 13.3 Å². The number of nitrogens with one attached hydrogen (secondary N) is 1. The molecule has 70 valence electrons. The minimum Gasteiger partial charge on any atom is -0.294 e. The molecule has 13 heavy (non-hydrogen) atoms. The highest BCUT2D eigenvalue weighted by Gasteiger charge is 2.03. The van der Waals surface area contributed by atoms with Gasteiger partial charge >= 0.3 is 0 Å². The third-order valence-corrected chi connectivity index (χ3v) is 2.31. The van der Waals surface area contributed by atoms with Gasteiger partial charge in [0.25, 0.3) is 0 Å². The number of amides is 1. The van der Waals surface area contributed by atoms with Crippen molar-refractivity contribution in [3.05, 3.63) is 33.8 Å². The summed E-state index contributed by atoms with van der Waals surface area (Å²) in [4.78, 5) is 11.0. The largest absolute Gasteiger partial charge is 0.294 e. The summed E-state index contributed by atoms with van der Waals surface area (Å²) in [6.07, 6.45) is 0.329. The molecule has 0 fully saturated rings. The first-order chi connectivity index (χ1) is 6.13. The minimum absolute atomic E-state index is 0.176. The van der Waals surface area contributed by atoms with Crippen LogP contribution >= 0.6 is 15.9 Å². The molecule has 0 aliphatic heterocycles. The number of halogens is 1. The number of hydrazine groups is 1. The van der Waals surface area contributed by atoms with Crippen molar-refractivity contribution in [2.75, 3.05) is 0 Å². The van der Waals surface area contributed by atoms with E-state index in [0.29, 0.717) is 6.42 Å². The van der Waals surface area contributed by atoms with Crippen LogP contribution in [0.2, 0.25) is 0 Å². The lowest BCUT2D eigenvalue weighted by Crippen LogP contribution is -2.31. The molecule has 0 aliphatic rings. The van der Waals surface area contributed by atoms with Crippen LogP contribution in [0.4, 0.5) is 0 Å². The molecular weight excluding hydrogens is 232 g/mol. The summed E-state index contributed by atoms with van der Waals surface area (Å²) in [6.45, 7) is 1.96. The predicted octanol–water partition coefficient (Wildman–Crippen LogP) is 1.29. The van der Waals surface area contributed by atoms with Gasteiger partial charge in [0.2, 0.25) is 5.91 Å². The van der Waals surface area contributed by atoms with Crippen LogP contribution in [0.1, 0.15) is 11.1 Å². The van der Waals surface area contributed by atoms with Crippen molar-refractivity contribution in [3.8, 4) is 0 Å². The van der Waals surface area contributed by atoms with Gasteiger partial charge in [-0.1, -0.05) is 22.0 Å². The third kappa shape index (κ3) is 2.82. The van der Waals surface area contributed by atoms with Crippen molar-refractivity contribution in [2.24, 2.45) is 5.84 Å². The number of hydrogen-bond acceptors (Lipinski definition) is 2. The number of aryl methyl sites for hydroxylation is 1. The van der Waals surface area contributed by atoms with Crippen LogP contribution in [0.15, 0.2) is 22.7 Å². The molecule has 1 amide bonds. The fourth-order valence-electron chi connectivity index (χ4n) is 1.08. The van der Waals surface area contributed by atoms with Gasteiger partial charge in [0.1, 0.15) is 0 Å². The Morgan fingerprint density at radius 1 is 1.62 bits per heavy atom. The maximum atomic E-state index is 11.0. The van der Waals surface area contributed by atoms with E-state index in [1.807, 2.05) is 25.1 Å². The molecule has 0 saturated carbocycles. The first kappa shape index (κ1) is 10.2. The zero-order valence-corrected chi connectivity index (χ0v) is 8.89. The second-order valence-corrected chi connectivity index (χ2v) is 3.73. The quantitative estimate of drug-likeness (QED) is 0.467. The molecule has 0 bridgehead atoms. The van der Waals surface area contributed by atoms with E-state index in [0.717, 1.165) is 15.6 Å². The van der Waals surface area contributed by atoms with Gasteiger partial charge in [0, 0.05) is 4.47 Å². The number of nitrogens with two attached hydrogens (primary N) is 1. The second kappa shape index (κ2) is 4.39. The fourth-order valence-corrected chi connectivity index (χ4v) is 1.56. The van der Waals surface area contributed by atoms with E-state index < -0.39 is 0 Å². The lowest BCUT2D eigenvalue weighted by molar-refractivity contribution is -0.120. The zero-order valence-electron chi connectivity index (χ0n) is 7.30. The Balaban J connectivity index is 2.83. The van der Waals surface area contributed by atoms with Crippen LogP contribution < -0.4 is 11.3 Å². The SMILES string of the molecule is Cc1cc(Br)ccc1CC(=O)NN. The molecule has 0 unspecified atom stereocenters. The summed E-state index contributed by atoms with van der Waals surface area (Å²) in [7, 11) is 0. The Morgan fingerprint density at radius 2 is 2.31 bits per heavy atom. The highest BCUT2D eigenvalue weighted by molar-refractivity contribution is 9.10. The van der Waals surface area contributed by atoms with Gasteiger partial charge in [-0.3, -0.25) is 10.2 Å². The van der Waals surface area contributed by atoms with E-state index in [1.165, 1.54) is 0 Å². The van der Waals surface area contributed by atoms with Gasteiger partial charge in [-0.25, -0.2) is 5.84 Å². The second-order valence-electron chi connectivity index (χ2n) is 2.82. The molecule has 0 aromatic heterocycles. The summed E-state index contributed by atoms with van der Waals surface area (Å²) in [6, 6.07) is 5.79. The highest BCUT2D eigenvalue weighted by Crippen LogP contribution is 2.15. The molecular formula is C9H11BrN2O. The Morgan fingerprint density at radius 3 is 2.85 bits per heavy atom. The van der Waals surface area contributed by atoms with Gasteiger partial charge in [-0.15, -0.1) is 0 Å². The molecule has 0 spiro atoms. The molecule has 0 saturated heterocycles. The van der Waals surface area contributed by atoms with Crippen molar-refractivity contribution < 1.29 is 4.79 Å². The molecule has 3 N–H and O–H groups in total. The van der Waals surface area contributed by atoms with Crippen molar-refractivity contribution in [1.82, 2.24) is 5.43 Å². The van der Waals surface area contributed by atoms with Crippen molar-refractivity contribution in [1.29, 1.82) is 0 Å². The Hall–Kier alpha value is -0.870. The van der Waals surface area contributed by atoms with E-state index in [1.54, 1.807) is 0 Å². The maximum Gasteiger partial charge on any atom is 0.238 e. The Labute approximate surface area is 85.4 Å². The lowest BCUT2D eigenvalue weighted by Gasteiger charge is -2.04. The first-order valence-corrected chi connectivity index (χ1v) is 4.67. The standard InChI is InChI=1S/C9H11BrN2O/c1-6-4-8(10)3-2-7(6)5-9(13)12-11/h2-4H,5,11H2,1H3,(H,12,13). The van der Waals surface area contributed by atoms with E-state index in [9.17, 15) is 4.79 Å². The topological polar surface area (TPSA) is 55.1 Å². The average molecular weight is 243 g/mol. The molecule has 4 heteroatoms. The van der Waals surface area contributed by atoms with Crippen molar-refractivity contribution in [3.63, 3.8) is 0 Å². The van der Waals surface area contributed by atoms with Crippen LogP contribution in [-0.2, 0) is 11.2 Å². The van der Waals surface area contributed by atoms with Gasteiger partial charge in [0.15, 0.2) is 0 Å². The molecule has 3 nitrogen and oxygen atoms in total. The van der Waals surface area contributed by atoms with Gasteiger partial charge < -0.3 is 0 Å². The zero-order chi connectivity index (χ0) is 9.84. The molecule has 1 aromatic rings. The molecule has 0 atom stereocenters. The number of carbonyl (C=O) groups is 1. The van der Waals surface area contributed by atoms with E-state index in [4.69, 9.17) is 5.84 Å². The molecule has 0 aliphatic carbocycles. The van der Waals surface area contributed by atoms with Gasteiger partial charge in [-0.05, 0) is 30.2 Å². The molecule has 0 radical (unpaired) electrons. The van der Waals surface area contributed by atoms with Gasteiger partial charge in [-0.2, -0.15) is 0 Å². The Kier molecular flexibility index (Phi) is 3.45. The normalized spacial score (nSPS) is 9.77. The number of carbonyl (C=O) groups excluding carboxylic acids is 1. The summed E-state index contributed by atoms with van der Waals surface area (Å²) in [5.74, 6) is 4.82. The summed E-state index contributed by atoms with van der Waals surface area (Å²) in [5, 5.41) is 0. The molecule has 0 heterocycles. The van der Waals surface area contributed by atoms with Gasteiger partial charge in [0.05, 0.1) is 6.42 Å². The summed E-state index contributed by atoms with van der Waals surface area (Å²) in [5.41, 5.74) is 4.18. The predicted molar refractivity (Wildman–Crippen MR) is 54.9 cm³/mol. The maximum absolute atomic E-state index is 11.0. The summed E-state index contributed by atoms with van der Waals surface area (Å²) < 4.78 is 1.02. The fraction of sp³-hybridized carbons (Fsp3) is 0.222. The summed E-state index contributed by atoms with van der Waals surface area (Å²) >= 11 is 3.35. The van der Waals surface area contributed by atoms with Crippen molar-refractivity contribution >= 4 is 21.8 Å². The smallest absolute Gasteiger partial charge is 0.238 e. The van der Waals surface area contributed by atoms with Crippen LogP contribution in [0.25, 0.3) is 0 Å². The van der Waals surface area contributed by atoms with E-state index >= 15 is 0 Å². The monoisotopic (exact) mass is 242 g/mol. The van der Waals surface area contributed by atoms with E-state index in [2.05, 4.69) is 21.4 Å². The Bertz CT molecular complexity index is 325. The lowest BCUT2D eigenvalue weighted by atomic mass is 10.1. The number of rotatable bonds is 2. The van der Waals surface area contributed by atoms with Crippen LogP contribution in [-0.4, -0.2) is 5.91 Å². The van der Waals surface area contributed by atoms with Crippen LogP contribution in [0.3, 0.4) is 0 Å². The molecule has 1 rings (SSSR count). The first-order valence-electron chi connectivity index (χ1n) is 3.88. The molecule has 1 aromatic carbocycles. The minimum atomic E-state index is -0.176. The average Bonchev–Trinajstić information content (AvgIpc) is 2.09. The highest BCUT2D eigenvalue weighted by atomic mass is 79.9. The third-order valence-electron chi connectivity index (χ3n) is 1.82. The van der Waals surface area contributed by atoms with E-state index in [-0.39, 0.29) is 5.91 Å². The number of benzene rings is 1. The van der Waals surface area contributed by atoms with Crippen LogP contribution in [0.5, 0.6) is 0 Å². The number of hydrogen-bond donors (Lipinski definition) is 2.